The molecule has 22 heavy (non-hydrogen) atoms. The third kappa shape index (κ3) is 3.56. The highest BCUT2D eigenvalue weighted by atomic mass is 79.9. The number of aliphatic carboxylic acids is 2. The van der Waals surface area contributed by atoms with Crippen molar-refractivity contribution in [1.29, 1.82) is 0 Å². The monoisotopic (exact) mass is 426 g/mol. The number of hydrogen-bond acceptors (Lipinski definition) is 2. The Balaban J connectivity index is 2.59. The van der Waals surface area contributed by atoms with E-state index in [4.69, 9.17) is 0 Å². The largest absolute Gasteiger partial charge is 0.481 e. The molecule has 0 aliphatic heterocycles. The van der Waals surface area contributed by atoms with E-state index >= 15 is 0 Å². The van der Waals surface area contributed by atoms with Gasteiger partial charge < -0.3 is 10.2 Å². The molecule has 2 aromatic rings. The van der Waals surface area contributed by atoms with Gasteiger partial charge in [-0.2, -0.15) is 0 Å². The standard InChI is InChI=1S/C16H12Br2O4/c17-10-5-3-4-9(8-10)13(15(19)20)14(16(21)22)11-6-1-2-7-12(11)18/h1-8,13-14H,(H,19,20)(H,21,22). The predicted molar refractivity (Wildman–Crippen MR) is 89.0 cm³/mol. The van der Waals surface area contributed by atoms with Crippen LogP contribution in [0.5, 0.6) is 0 Å². The van der Waals surface area contributed by atoms with Crippen LogP contribution in [0.15, 0.2) is 57.5 Å². The van der Waals surface area contributed by atoms with Gasteiger partial charge in [-0.25, -0.2) is 0 Å². The summed E-state index contributed by atoms with van der Waals surface area (Å²) < 4.78 is 1.27. The Morgan fingerprint density at radius 2 is 1.50 bits per heavy atom. The van der Waals surface area contributed by atoms with Crippen LogP contribution in [0.25, 0.3) is 0 Å². The lowest BCUT2D eigenvalue weighted by Crippen LogP contribution is -2.26. The molecule has 2 unspecified atom stereocenters. The van der Waals surface area contributed by atoms with Crippen molar-refractivity contribution in [1.82, 2.24) is 0 Å². The third-order valence-corrected chi connectivity index (χ3v) is 4.53. The van der Waals surface area contributed by atoms with Crippen LogP contribution >= 0.6 is 31.9 Å². The third-order valence-electron chi connectivity index (χ3n) is 3.31. The summed E-state index contributed by atoms with van der Waals surface area (Å²) in [5, 5.41) is 19.2. The maximum Gasteiger partial charge on any atom is 0.312 e. The van der Waals surface area contributed by atoms with Crippen LogP contribution in [0.2, 0.25) is 0 Å². The van der Waals surface area contributed by atoms with Gasteiger partial charge in [-0.15, -0.1) is 0 Å². The van der Waals surface area contributed by atoms with Gasteiger partial charge in [-0.3, -0.25) is 9.59 Å². The molecule has 0 aliphatic rings. The summed E-state index contributed by atoms with van der Waals surface area (Å²) in [6, 6.07) is 13.5. The van der Waals surface area contributed by atoms with Crippen molar-refractivity contribution in [3.63, 3.8) is 0 Å². The van der Waals surface area contributed by atoms with E-state index in [1.807, 2.05) is 0 Å². The molecule has 2 aromatic carbocycles. The molecule has 4 nitrogen and oxygen atoms in total. The van der Waals surface area contributed by atoms with Crippen LogP contribution in [0.3, 0.4) is 0 Å². The number of benzene rings is 2. The average Bonchev–Trinajstić information content (AvgIpc) is 2.45. The zero-order valence-corrected chi connectivity index (χ0v) is 14.4. The van der Waals surface area contributed by atoms with E-state index in [0.717, 1.165) is 0 Å². The maximum absolute atomic E-state index is 11.8. The smallest absolute Gasteiger partial charge is 0.312 e. The van der Waals surface area contributed by atoms with Gasteiger partial charge in [0.2, 0.25) is 0 Å². The van der Waals surface area contributed by atoms with Crippen molar-refractivity contribution < 1.29 is 19.8 Å². The molecule has 0 bridgehead atoms. The first-order valence-electron chi connectivity index (χ1n) is 6.37. The molecule has 2 rings (SSSR count). The van der Waals surface area contributed by atoms with Gasteiger partial charge in [0.05, 0.1) is 5.92 Å². The van der Waals surface area contributed by atoms with Crippen LogP contribution in [-0.2, 0) is 9.59 Å². The molecular weight excluding hydrogens is 416 g/mol. The molecule has 0 aliphatic carbocycles. The Kier molecular flexibility index (Phi) is 5.37. The van der Waals surface area contributed by atoms with Gasteiger partial charge in [0.25, 0.3) is 0 Å². The van der Waals surface area contributed by atoms with Crippen molar-refractivity contribution >= 4 is 43.8 Å². The van der Waals surface area contributed by atoms with Crippen molar-refractivity contribution in [3.8, 4) is 0 Å². The number of rotatable bonds is 5. The van der Waals surface area contributed by atoms with Crippen molar-refractivity contribution in [2.75, 3.05) is 0 Å². The zero-order valence-electron chi connectivity index (χ0n) is 11.2. The van der Waals surface area contributed by atoms with Gasteiger partial charge in [0.1, 0.15) is 5.92 Å². The van der Waals surface area contributed by atoms with Gasteiger partial charge in [-0.1, -0.05) is 62.2 Å². The van der Waals surface area contributed by atoms with Crippen LogP contribution in [0.1, 0.15) is 23.0 Å². The van der Waals surface area contributed by atoms with E-state index in [-0.39, 0.29) is 0 Å². The number of halogens is 2. The normalized spacial score (nSPS) is 13.4. The lowest BCUT2D eigenvalue weighted by molar-refractivity contribution is -0.147. The summed E-state index contributed by atoms with van der Waals surface area (Å²) in [5.41, 5.74) is 0.868. The number of carbonyl (C=O) groups is 2. The number of hydrogen-bond donors (Lipinski definition) is 2. The number of carboxylic acids is 2. The lowest BCUT2D eigenvalue weighted by atomic mass is 9.81. The van der Waals surface area contributed by atoms with Gasteiger partial charge in [0.15, 0.2) is 0 Å². The summed E-state index contributed by atoms with van der Waals surface area (Å²) in [4.78, 5) is 23.5. The molecule has 0 spiro atoms. The molecule has 0 aromatic heterocycles. The first-order chi connectivity index (χ1) is 10.4. The molecule has 0 amide bonds. The molecule has 0 fully saturated rings. The highest BCUT2D eigenvalue weighted by Crippen LogP contribution is 2.37. The number of carboxylic acid groups (broad SMARTS) is 2. The molecule has 114 valence electrons. The second kappa shape index (κ2) is 7.07. The lowest BCUT2D eigenvalue weighted by Gasteiger charge is -2.22. The highest BCUT2D eigenvalue weighted by Gasteiger charge is 2.37. The summed E-state index contributed by atoms with van der Waals surface area (Å²) >= 11 is 6.59. The summed E-state index contributed by atoms with van der Waals surface area (Å²) in [6.07, 6.45) is 0. The Morgan fingerprint density at radius 3 is 2.05 bits per heavy atom. The minimum Gasteiger partial charge on any atom is -0.481 e. The van der Waals surface area contributed by atoms with Gasteiger partial charge in [-0.05, 0) is 29.3 Å². The molecule has 0 heterocycles. The zero-order chi connectivity index (χ0) is 16.3. The fourth-order valence-electron chi connectivity index (χ4n) is 2.36. The van der Waals surface area contributed by atoms with Gasteiger partial charge in [0, 0.05) is 8.95 Å². The van der Waals surface area contributed by atoms with Crippen LogP contribution < -0.4 is 0 Å². The Bertz CT molecular complexity index is 715. The topological polar surface area (TPSA) is 74.6 Å². The fourth-order valence-corrected chi connectivity index (χ4v) is 3.31. The average molecular weight is 428 g/mol. The summed E-state index contributed by atoms with van der Waals surface area (Å²) in [5.74, 6) is -4.74. The van der Waals surface area contributed by atoms with Crippen LogP contribution in [-0.4, -0.2) is 22.2 Å². The van der Waals surface area contributed by atoms with E-state index in [9.17, 15) is 19.8 Å². The Morgan fingerprint density at radius 1 is 0.864 bits per heavy atom. The van der Waals surface area contributed by atoms with Gasteiger partial charge >= 0.3 is 11.9 Å². The second-order valence-corrected chi connectivity index (χ2v) is 6.48. The molecule has 0 saturated carbocycles. The maximum atomic E-state index is 11.8. The van der Waals surface area contributed by atoms with Crippen LogP contribution in [0, 0.1) is 0 Å². The first kappa shape index (κ1) is 16.7. The van der Waals surface area contributed by atoms with E-state index in [2.05, 4.69) is 31.9 Å². The van der Waals surface area contributed by atoms with Crippen molar-refractivity contribution in [3.05, 3.63) is 68.6 Å². The van der Waals surface area contributed by atoms with Crippen LogP contribution in [0.4, 0.5) is 0 Å². The van der Waals surface area contributed by atoms with E-state index in [1.54, 1.807) is 48.5 Å². The molecule has 2 atom stereocenters. The van der Waals surface area contributed by atoms with E-state index in [0.29, 0.717) is 20.1 Å². The minimum absolute atomic E-state index is 0.433. The highest BCUT2D eigenvalue weighted by molar-refractivity contribution is 9.10. The van der Waals surface area contributed by atoms with Crippen molar-refractivity contribution in [2.45, 2.75) is 11.8 Å². The minimum atomic E-state index is -1.19. The van der Waals surface area contributed by atoms with E-state index in [1.165, 1.54) is 0 Å². The fraction of sp³-hybridized carbons (Fsp3) is 0.125. The quantitative estimate of drug-likeness (QED) is 0.747. The SMILES string of the molecule is O=C(O)C(c1cccc(Br)c1)C(C(=O)O)c1ccccc1Br. The van der Waals surface area contributed by atoms with Crippen molar-refractivity contribution in [2.24, 2.45) is 0 Å². The van der Waals surface area contributed by atoms with E-state index < -0.39 is 23.8 Å². The molecule has 0 saturated heterocycles. The predicted octanol–water partition coefficient (Wildman–Crippen LogP) is 4.25. The molecule has 0 radical (unpaired) electrons. The molecule has 6 heteroatoms. The Labute approximate surface area is 144 Å². The first-order valence-corrected chi connectivity index (χ1v) is 7.96. The molecular formula is C16H12Br2O4. The summed E-state index contributed by atoms with van der Waals surface area (Å²) in [6.45, 7) is 0. The Hall–Kier alpha value is -1.66. The second-order valence-electron chi connectivity index (χ2n) is 4.71. The molecule has 2 N–H and O–H groups in total. The summed E-state index contributed by atoms with van der Waals surface area (Å²) in [7, 11) is 0.